The number of nitrogens with one attached hydrogen (secondary N) is 3. The molecular formula is C45H71N7O6S. The van der Waals surface area contributed by atoms with E-state index in [1.807, 2.05) is 6.20 Å². The zero-order valence-corrected chi connectivity index (χ0v) is 37.9. The van der Waals surface area contributed by atoms with Gasteiger partial charge in [0.2, 0.25) is 6.41 Å². The van der Waals surface area contributed by atoms with Gasteiger partial charge in [0.15, 0.2) is 0 Å². The second-order valence-electron chi connectivity index (χ2n) is 17.9. The Morgan fingerprint density at radius 2 is 1.78 bits per heavy atom. The number of hydrogen-bond donors (Lipinski definition) is 4. The van der Waals surface area contributed by atoms with E-state index < -0.39 is 12.0 Å². The fraction of sp³-hybridized carbons (Fsp3) is 0.667. The molecule has 1 saturated carbocycles. The van der Waals surface area contributed by atoms with Crippen LogP contribution in [0.5, 0.6) is 5.75 Å². The molecule has 4 N–H and O–H groups in total. The maximum atomic E-state index is 12.2. The standard InChI is InChI=1S/C45H71N7O6S/c1-10-52-40-18-17-35(58-24-19-32(49-59-44(3,4)5)13-11-12-14-39(43(55)57-9)48-47-30-54)26-36(40)38(27-45(6,7)29-53)42(52)37-25-34(28-46-41(37)31(2)56-8)51-22-20-50(21-23-51)33-15-16-33/h17-18,25-26,28,30-33,39,48-49,53H,10-16,19-24,27,29H2,1-9H3,(H,47,54)/t31?,32?,39-/m0/s1. The minimum Gasteiger partial charge on any atom is -0.494 e. The molecule has 1 aliphatic carbocycles. The molecule has 328 valence electrons. The lowest BCUT2D eigenvalue weighted by atomic mass is 9.84. The van der Waals surface area contributed by atoms with E-state index >= 15 is 0 Å². The molecule has 14 heteroatoms. The lowest BCUT2D eigenvalue weighted by Crippen LogP contribution is -2.47. The van der Waals surface area contributed by atoms with E-state index in [1.54, 1.807) is 19.1 Å². The number of aliphatic hydroxyl groups excluding tert-OH is 1. The topological polar surface area (TPSA) is 142 Å². The highest BCUT2D eigenvalue weighted by atomic mass is 32.2. The van der Waals surface area contributed by atoms with Crippen molar-refractivity contribution >= 4 is 40.9 Å². The number of amides is 1. The Morgan fingerprint density at radius 3 is 2.41 bits per heavy atom. The van der Waals surface area contributed by atoms with Crippen LogP contribution in [0, 0.1) is 5.41 Å². The lowest BCUT2D eigenvalue weighted by Gasteiger charge is -2.36. The van der Waals surface area contributed by atoms with Gasteiger partial charge in [-0.25, -0.2) is 5.43 Å². The number of carbonyl (C=O) groups is 2. The fourth-order valence-electron chi connectivity index (χ4n) is 8.00. The summed E-state index contributed by atoms with van der Waals surface area (Å²) in [7, 11) is 3.09. The summed E-state index contributed by atoms with van der Waals surface area (Å²) in [6.07, 6.45) is 9.56. The summed E-state index contributed by atoms with van der Waals surface area (Å²) < 4.78 is 23.5. The van der Waals surface area contributed by atoms with Crippen LogP contribution in [0.3, 0.4) is 0 Å². The molecule has 0 radical (unpaired) electrons. The first-order chi connectivity index (χ1) is 28.2. The molecule has 1 aliphatic heterocycles. The molecule has 3 atom stereocenters. The summed E-state index contributed by atoms with van der Waals surface area (Å²) >= 11 is 1.72. The van der Waals surface area contributed by atoms with Crippen molar-refractivity contribution in [2.45, 2.75) is 135 Å². The monoisotopic (exact) mass is 838 g/mol. The molecule has 13 nitrogen and oxygen atoms in total. The van der Waals surface area contributed by atoms with Gasteiger partial charge in [0.25, 0.3) is 0 Å². The molecule has 1 amide bonds. The number of aliphatic hydroxyl groups is 1. The van der Waals surface area contributed by atoms with Crippen LogP contribution in [0.4, 0.5) is 5.69 Å². The molecule has 2 aromatic heterocycles. The first kappa shape index (κ1) is 46.7. The molecule has 1 aromatic carbocycles. The number of benzene rings is 1. The van der Waals surface area contributed by atoms with Crippen LogP contribution in [0.15, 0.2) is 30.5 Å². The number of aromatic nitrogens is 2. The van der Waals surface area contributed by atoms with Crippen molar-refractivity contribution in [3.8, 4) is 17.0 Å². The molecule has 3 aromatic rings. The molecule has 2 fully saturated rings. The highest BCUT2D eigenvalue weighted by Gasteiger charge is 2.33. The highest BCUT2D eigenvalue weighted by Crippen LogP contribution is 2.43. The molecule has 59 heavy (non-hydrogen) atoms. The van der Waals surface area contributed by atoms with Crippen LogP contribution < -0.4 is 25.2 Å². The molecule has 1 saturated heterocycles. The summed E-state index contributed by atoms with van der Waals surface area (Å²) in [6, 6.07) is 9.12. The van der Waals surface area contributed by atoms with Crippen molar-refractivity contribution in [3.63, 3.8) is 0 Å². The zero-order valence-electron chi connectivity index (χ0n) is 37.1. The van der Waals surface area contributed by atoms with Crippen molar-refractivity contribution in [1.82, 2.24) is 30.0 Å². The molecule has 0 spiro atoms. The Kier molecular flexibility index (Phi) is 16.9. The third kappa shape index (κ3) is 12.8. The maximum absolute atomic E-state index is 12.2. The van der Waals surface area contributed by atoms with Gasteiger partial charge < -0.3 is 28.8 Å². The predicted octanol–water partition coefficient (Wildman–Crippen LogP) is 6.80. The van der Waals surface area contributed by atoms with Crippen molar-refractivity contribution in [3.05, 3.63) is 41.7 Å². The number of hydrogen-bond acceptors (Lipinski definition) is 12. The predicted molar refractivity (Wildman–Crippen MR) is 239 cm³/mol. The summed E-state index contributed by atoms with van der Waals surface area (Å²) in [5.41, 5.74) is 11.3. The van der Waals surface area contributed by atoms with Crippen LogP contribution >= 0.6 is 11.9 Å². The molecule has 3 heterocycles. The Bertz CT molecular complexity index is 1820. The SMILES string of the molecule is CCn1c(-c2cc(N3CCN(C4CC4)CC3)cnc2C(C)OC)c(CC(C)(C)CO)c2cc(OCCC(CCCC[C@H](NNC=O)C(=O)OC)NSC(C)(C)C)ccc21. The first-order valence-electron chi connectivity index (χ1n) is 21.6. The van der Waals surface area contributed by atoms with Crippen molar-refractivity contribution in [1.29, 1.82) is 0 Å². The number of pyridine rings is 1. The minimum atomic E-state index is -0.599. The van der Waals surface area contributed by atoms with Crippen molar-refractivity contribution in [2.24, 2.45) is 5.41 Å². The average Bonchev–Trinajstić information content (AvgIpc) is 4.04. The fourth-order valence-corrected chi connectivity index (χ4v) is 8.75. The zero-order chi connectivity index (χ0) is 42.7. The summed E-state index contributed by atoms with van der Waals surface area (Å²) in [4.78, 5) is 33.2. The maximum Gasteiger partial charge on any atom is 0.324 e. The van der Waals surface area contributed by atoms with Crippen LogP contribution in [0.25, 0.3) is 22.2 Å². The van der Waals surface area contributed by atoms with Crippen LogP contribution in [-0.4, -0.2) is 108 Å². The number of carbonyl (C=O) groups excluding carboxylic acids is 2. The molecule has 2 aliphatic rings. The lowest BCUT2D eigenvalue weighted by molar-refractivity contribution is -0.143. The number of aryl methyl sites for hydroxylation is 1. The number of unbranched alkanes of at least 4 members (excludes halogenated alkanes) is 1. The summed E-state index contributed by atoms with van der Waals surface area (Å²) in [5.74, 6) is 0.406. The van der Waals surface area contributed by atoms with E-state index in [2.05, 4.69) is 103 Å². The van der Waals surface area contributed by atoms with E-state index in [-0.39, 0.29) is 28.9 Å². The van der Waals surface area contributed by atoms with Gasteiger partial charge in [-0.15, -0.1) is 0 Å². The number of methoxy groups -OCH3 is 2. The summed E-state index contributed by atoms with van der Waals surface area (Å²) in [5, 5.41) is 11.7. The number of anilines is 1. The van der Waals surface area contributed by atoms with Crippen molar-refractivity contribution in [2.75, 3.05) is 58.5 Å². The Labute approximate surface area is 356 Å². The normalized spacial score (nSPS) is 16.9. The van der Waals surface area contributed by atoms with E-state index in [9.17, 15) is 14.7 Å². The van der Waals surface area contributed by atoms with Gasteiger partial charge in [0.05, 0.1) is 43.1 Å². The number of ether oxygens (including phenoxy) is 3. The number of esters is 1. The number of nitrogens with zero attached hydrogens (tertiary/aromatic N) is 4. The van der Waals surface area contributed by atoms with E-state index in [1.165, 1.54) is 25.5 Å². The van der Waals surface area contributed by atoms with Gasteiger partial charge in [-0.05, 0) is 108 Å². The number of fused-ring (bicyclic) bond motifs is 1. The molecule has 2 unspecified atom stereocenters. The highest BCUT2D eigenvalue weighted by molar-refractivity contribution is 7.98. The van der Waals surface area contributed by atoms with E-state index in [4.69, 9.17) is 19.2 Å². The van der Waals surface area contributed by atoms with E-state index in [0.717, 1.165) is 104 Å². The third-order valence-electron chi connectivity index (χ3n) is 11.5. The van der Waals surface area contributed by atoms with Crippen molar-refractivity contribution < 1.29 is 28.9 Å². The van der Waals surface area contributed by atoms with Gasteiger partial charge >= 0.3 is 5.97 Å². The molecular weight excluding hydrogens is 767 g/mol. The second-order valence-corrected chi connectivity index (χ2v) is 19.6. The average molecular weight is 838 g/mol. The number of piperazine rings is 1. The van der Waals surface area contributed by atoms with Gasteiger partial charge in [-0.2, -0.15) is 0 Å². The second kappa shape index (κ2) is 21.4. The Balaban J connectivity index is 1.41. The smallest absolute Gasteiger partial charge is 0.324 e. The van der Waals surface area contributed by atoms with E-state index in [0.29, 0.717) is 25.9 Å². The molecule has 0 bridgehead atoms. The Morgan fingerprint density at radius 1 is 1.05 bits per heavy atom. The molecule has 5 rings (SSSR count). The van der Waals surface area contributed by atoms with Crippen LogP contribution in [0.2, 0.25) is 0 Å². The Hall–Kier alpha value is -3.40. The van der Waals surface area contributed by atoms with Gasteiger partial charge in [-0.1, -0.05) is 38.6 Å². The van der Waals surface area contributed by atoms with Gasteiger partial charge in [-0.3, -0.25) is 29.6 Å². The third-order valence-corrected chi connectivity index (χ3v) is 12.6. The van der Waals surface area contributed by atoms with Crippen LogP contribution in [-0.2, 0) is 32.0 Å². The first-order valence-corrected chi connectivity index (χ1v) is 22.4. The minimum absolute atomic E-state index is 0.0361. The number of rotatable bonds is 24. The van der Waals surface area contributed by atoms with Gasteiger partial charge in [0.1, 0.15) is 11.8 Å². The number of hydrazine groups is 1. The van der Waals surface area contributed by atoms with Crippen LogP contribution in [0.1, 0.15) is 111 Å². The quantitative estimate of drug-likeness (QED) is 0.0248. The van der Waals surface area contributed by atoms with Gasteiger partial charge in [0, 0.05) is 79.7 Å². The summed E-state index contributed by atoms with van der Waals surface area (Å²) in [6.45, 7) is 20.5. The largest absolute Gasteiger partial charge is 0.494 e.